The Bertz CT molecular complexity index is 730. The molecule has 0 aliphatic heterocycles. The van der Waals surface area contributed by atoms with E-state index in [1.54, 1.807) is 12.1 Å². The largest absolute Gasteiger partial charge is 0.461 e. The zero-order valence-corrected chi connectivity index (χ0v) is 8.98. The first kappa shape index (κ1) is 10.3. The quantitative estimate of drug-likeness (QED) is 0.425. The van der Waals surface area contributed by atoms with Crippen molar-refractivity contribution in [1.82, 2.24) is 9.71 Å². The molecule has 2 heterocycles. The lowest BCUT2D eigenvalue weighted by Gasteiger charge is -1.96. The zero-order valence-electron chi connectivity index (χ0n) is 8.98. The van der Waals surface area contributed by atoms with Crippen LogP contribution in [0.25, 0.3) is 22.6 Å². The molecule has 90 valence electrons. The average molecular weight is 245 g/mol. The molecular weight excluding hydrogens is 238 g/mol. The Balaban J connectivity index is 2.25. The van der Waals surface area contributed by atoms with Gasteiger partial charge in [-0.1, -0.05) is 0 Å². The van der Waals surface area contributed by atoms with Crippen LogP contribution in [-0.2, 0) is 0 Å². The number of hydrogen-bond donors (Lipinski definition) is 1. The summed E-state index contributed by atoms with van der Waals surface area (Å²) in [6, 6.07) is 7.38. The van der Waals surface area contributed by atoms with Crippen molar-refractivity contribution in [1.29, 1.82) is 0 Å². The van der Waals surface area contributed by atoms with E-state index in [0.29, 0.717) is 11.3 Å². The third kappa shape index (κ3) is 1.41. The summed E-state index contributed by atoms with van der Waals surface area (Å²) in [4.78, 5) is 14.3. The van der Waals surface area contributed by atoms with Gasteiger partial charge in [0, 0.05) is 12.1 Å². The van der Waals surface area contributed by atoms with Gasteiger partial charge in [-0.2, -0.15) is 4.73 Å². The molecule has 0 amide bonds. The van der Waals surface area contributed by atoms with E-state index < -0.39 is 4.92 Å². The summed E-state index contributed by atoms with van der Waals surface area (Å²) in [5.41, 5.74) is 0.605. The third-order valence-electron chi connectivity index (χ3n) is 2.57. The van der Waals surface area contributed by atoms with Gasteiger partial charge in [0.1, 0.15) is 5.52 Å². The van der Waals surface area contributed by atoms with Gasteiger partial charge in [-0.25, -0.2) is 4.98 Å². The molecule has 0 saturated carbocycles. The van der Waals surface area contributed by atoms with E-state index in [4.69, 9.17) is 4.42 Å². The molecule has 2 aromatic heterocycles. The second-order valence-electron chi connectivity index (χ2n) is 3.65. The number of nitro benzene ring substituents is 1. The monoisotopic (exact) mass is 245 g/mol. The minimum atomic E-state index is -0.529. The number of fused-ring (bicyclic) bond motifs is 1. The highest BCUT2D eigenvalue weighted by atomic mass is 16.6. The highest BCUT2D eigenvalue weighted by molar-refractivity contribution is 5.81. The average Bonchev–Trinajstić information content (AvgIpc) is 2.97. The van der Waals surface area contributed by atoms with Crippen molar-refractivity contribution in [3.8, 4) is 11.6 Å². The first-order valence-corrected chi connectivity index (χ1v) is 5.07. The molecule has 0 unspecified atom stereocenters. The summed E-state index contributed by atoms with van der Waals surface area (Å²) in [6.07, 6.45) is 1.46. The zero-order chi connectivity index (χ0) is 12.7. The minimum Gasteiger partial charge on any atom is -0.461 e. The lowest BCUT2D eigenvalue weighted by molar-refractivity contribution is -0.384. The van der Waals surface area contributed by atoms with Gasteiger partial charge in [-0.3, -0.25) is 10.1 Å². The molecule has 7 nitrogen and oxygen atoms in total. The molecule has 3 aromatic rings. The Morgan fingerprint density at radius 2 is 2.22 bits per heavy atom. The number of hydrogen-bond acceptors (Lipinski definition) is 5. The van der Waals surface area contributed by atoms with Crippen LogP contribution in [0.4, 0.5) is 5.69 Å². The summed E-state index contributed by atoms with van der Waals surface area (Å²) in [5, 5.41) is 20.6. The molecule has 18 heavy (non-hydrogen) atoms. The van der Waals surface area contributed by atoms with Crippen molar-refractivity contribution >= 4 is 16.7 Å². The van der Waals surface area contributed by atoms with Gasteiger partial charge in [0.15, 0.2) is 5.76 Å². The standard InChI is InChI=1S/C11H7N3O4/c15-13-9-6-7(14(16)17)3-4-8(9)12-11(13)10-2-1-5-18-10/h1-6,15H. The molecule has 0 fully saturated rings. The van der Waals surface area contributed by atoms with E-state index in [1.165, 1.54) is 24.5 Å². The van der Waals surface area contributed by atoms with Crippen molar-refractivity contribution in [2.75, 3.05) is 0 Å². The predicted molar refractivity (Wildman–Crippen MR) is 61.3 cm³/mol. The van der Waals surface area contributed by atoms with E-state index in [2.05, 4.69) is 4.98 Å². The van der Waals surface area contributed by atoms with Crippen molar-refractivity contribution in [3.63, 3.8) is 0 Å². The number of aromatic nitrogens is 2. The van der Waals surface area contributed by atoms with Gasteiger partial charge in [-0.15, -0.1) is 0 Å². The molecule has 0 radical (unpaired) electrons. The van der Waals surface area contributed by atoms with Crippen LogP contribution in [0.15, 0.2) is 41.0 Å². The second-order valence-corrected chi connectivity index (χ2v) is 3.65. The lowest BCUT2D eigenvalue weighted by Crippen LogP contribution is -1.94. The van der Waals surface area contributed by atoms with Crippen LogP contribution in [0.2, 0.25) is 0 Å². The number of imidazole rings is 1. The van der Waals surface area contributed by atoms with Crippen molar-refractivity contribution in [2.24, 2.45) is 0 Å². The SMILES string of the molecule is O=[N+]([O-])c1ccc2nc(-c3ccco3)n(O)c2c1. The van der Waals surface area contributed by atoms with Crippen LogP contribution in [0.1, 0.15) is 0 Å². The molecule has 0 saturated heterocycles. The van der Waals surface area contributed by atoms with Crippen LogP contribution in [0.5, 0.6) is 0 Å². The predicted octanol–water partition coefficient (Wildman–Crippen LogP) is 2.44. The van der Waals surface area contributed by atoms with E-state index >= 15 is 0 Å². The fraction of sp³-hybridized carbons (Fsp3) is 0. The van der Waals surface area contributed by atoms with Crippen LogP contribution < -0.4 is 0 Å². The topological polar surface area (TPSA) is 94.3 Å². The van der Waals surface area contributed by atoms with Gasteiger partial charge in [0.2, 0.25) is 5.82 Å². The van der Waals surface area contributed by atoms with Gasteiger partial charge >= 0.3 is 0 Å². The third-order valence-corrected chi connectivity index (χ3v) is 2.57. The molecule has 1 N–H and O–H groups in total. The molecule has 0 bridgehead atoms. The number of benzene rings is 1. The Morgan fingerprint density at radius 1 is 1.39 bits per heavy atom. The van der Waals surface area contributed by atoms with Gasteiger partial charge in [0.25, 0.3) is 5.69 Å². The molecule has 3 rings (SSSR count). The van der Waals surface area contributed by atoms with E-state index in [1.807, 2.05) is 0 Å². The van der Waals surface area contributed by atoms with E-state index in [-0.39, 0.29) is 17.0 Å². The molecule has 7 heteroatoms. The van der Waals surface area contributed by atoms with Crippen molar-refractivity contribution in [2.45, 2.75) is 0 Å². The number of nitrogens with zero attached hydrogens (tertiary/aromatic N) is 3. The molecule has 1 aromatic carbocycles. The highest BCUT2D eigenvalue weighted by Crippen LogP contribution is 2.26. The van der Waals surface area contributed by atoms with Gasteiger partial charge in [0.05, 0.1) is 16.7 Å². The fourth-order valence-electron chi connectivity index (χ4n) is 1.73. The smallest absolute Gasteiger partial charge is 0.271 e. The van der Waals surface area contributed by atoms with Crippen LogP contribution >= 0.6 is 0 Å². The molecule has 0 aliphatic carbocycles. The molecule has 0 spiro atoms. The second kappa shape index (κ2) is 3.59. The first-order chi connectivity index (χ1) is 8.66. The summed E-state index contributed by atoms with van der Waals surface area (Å²) >= 11 is 0. The Hall–Kier alpha value is -2.83. The van der Waals surface area contributed by atoms with E-state index in [0.717, 1.165) is 4.73 Å². The molecule has 0 aliphatic rings. The van der Waals surface area contributed by atoms with Crippen LogP contribution in [0.3, 0.4) is 0 Å². The van der Waals surface area contributed by atoms with Crippen LogP contribution in [0, 0.1) is 10.1 Å². The van der Waals surface area contributed by atoms with Gasteiger partial charge < -0.3 is 9.62 Å². The Kier molecular flexibility index (Phi) is 2.06. The maximum atomic E-state index is 10.7. The summed E-state index contributed by atoms with van der Waals surface area (Å²) in [5.74, 6) is 0.590. The first-order valence-electron chi connectivity index (χ1n) is 5.07. The van der Waals surface area contributed by atoms with Gasteiger partial charge in [-0.05, 0) is 18.2 Å². The van der Waals surface area contributed by atoms with Crippen LogP contribution in [-0.4, -0.2) is 19.8 Å². The molecular formula is C11H7N3O4. The van der Waals surface area contributed by atoms with E-state index in [9.17, 15) is 15.3 Å². The number of non-ortho nitro benzene ring substituents is 1. The Labute approximate surface area is 100 Å². The maximum Gasteiger partial charge on any atom is 0.271 e. The maximum absolute atomic E-state index is 10.7. The summed E-state index contributed by atoms with van der Waals surface area (Å²) in [7, 11) is 0. The Morgan fingerprint density at radius 3 is 2.89 bits per heavy atom. The van der Waals surface area contributed by atoms with Crippen molar-refractivity contribution in [3.05, 3.63) is 46.7 Å². The summed E-state index contributed by atoms with van der Waals surface area (Å²) in [6.45, 7) is 0. The minimum absolute atomic E-state index is 0.108. The van der Waals surface area contributed by atoms with Crippen molar-refractivity contribution < 1.29 is 14.5 Å². The number of nitro groups is 1. The number of furan rings is 1. The number of rotatable bonds is 2. The highest BCUT2D eigenvalue weighted by Gasteiger charge is 2.16. The molecule has 0 atom stereocenters. The normalized spacial score (nSPS) is 10.9. The fourth-order valence-corrected chi connectivity index (χ4v) is 1.73. The summed E-state index contributed by atoms with van der Waals surface area (Å²) < 4.78 is 5.91. The lowest BCUT2D eigenvalue weighted by atomic mass is 10.3.